The molecule has 0 radical (unpaired) electrons. The number of nitrogens with zero attached hydrogens (tertiary/aromatic N) is 1. The zero-order valence-electron chi connectivity index (χ0n) is 21.7. The molecule has 1 aliphatic rings. The molecule has 1 aliphatic carbocycles. The number of fused-ring (bicyclic) bond motifs is 1. The molecule has 8 heteroatoms. The van der Waals surface area contributed by atoms with E-state index in [4.69, 9.17) is 0 Å². The summed E-state index contributed by atoms with van der Waals surface area (Å²) in [6.45, 7) is 8.22. The Labute approximate surface area is 216 Å². The number of carboxylic acids is 1. The number of carbonyl (C=O) groups is 1. The number of aromatic carboxylic acids is 1. The van der Waals surface area contributed by atoms with E-state index in [1.807, 2.05) is 6.07 Å². The van der Waals surface area contributed by atoms with E-state index in [0.29, 0.717) is 18.7 Å². The zero-order valence-corrected chi connectivity index (χ0v) is 22.5. The molecule has 3 N–H and O–H groups in total. The third-order valence-corrected chi connectivity index (χ3v) is 8.21. The second kappa shape index (κ2) is 13.7. The van der Waals surface area contributed by atoms with Crippen molar-refractivity contribution in [3.8, 4) is 0 Å². The van der Waals surface area contributed by atoms with Gasteiger partial charge in [-0.3, -0.25) is 4.72 Å². The predicted molar refractivity (Wildman–Crippen MR) is 147 cm³/mol. The highest BCUT2D eigenvalue weighted by atomic mass is 32.2. The minimum absolute atomic E-state index is 0.0699. The molecular formula is C28H41N3O4S. The SMILES string of the molecule is CCCCN(CCCC)CCCNc1ccccc1S(=O)(=O)Nc1ccc2c(c1C(=O)O)CCCC2. The van der Waals surface area contributed by atoms with Gasteiger partial charge in [0, 0.05) is 6.54 Å². The van der Waals surface area contributed by atoms with Crippen molar-refractivity contribution in [3.05, 3.63) is 53.1 Å². The molecule has 3 rings (SSSR count). The minimum Gasteiger partial charge on any atom is -0.478 e. The lowest BCUT2D eigenvalue weighted by Crippen LogP contribution is -2.28. The number of carboxylic acid groups (broad SMARTS) is 1. The maximum atomic E-state index is 13.4. The molecule has 36 heavy (non-hydrogen) atoms. The van der Waals surface area contributed by atoms with Crippen LogP contribution in [0.2, 0.25) is 0 Å². The highest BCUT2D eigenvalue weighted by Gasteiger charge is 2.25. The molecule has 2 aromatic carbocycles. The quantitative estimate of drug-likeness (QED) is 0.261. The van der Waals surface area contributed by atoms with E-state index >= 15 is 0 Å². The highest BCUT2D eigenvalue weighted by Crippen LogP contribution is 2.32. The molecular weight excluding hydrogens is 474 g/mol. The number of anilines is 2. The Bertz CT molecular complexity index is 1110. The van der Waals surface area contributed by atoms with Gasteiger partial charge in [0.15, 0.2) is 0 Å². The van der Waals surface area contributed by atoms with Crippen molar-refractivity contribution in [2.45, 2.75) is 76.5 Å². The molecule has 7 nitrogen and oxygen atoms in total. The maximum absolute atomic E-state index is 13.4. The van der Waals surface area contributed by atoms with Gasteiger partial charge < -0.3 is 15.3 Å². The summed E-state index contributed by atoms with van der Waals surface area (Å²) >= 11 is 0. The van der Waals surface area contributed by atoms with Crippen LogP contribution in [0.1, 0.15) is 80.3 Å². The van der Waals surface area contributed by atoms with Gasteiger partial charge in [0.05, 0.1) is 16.9 Å². The van der Waals surface area contributed by atoms with Crippen molar-refractivity contribution in [1.29, 1.82) is 0 Å². The summed E-state index contributed by atoms with van der Waals surface area (Å²) in [7, 11) is -3.99. The van der Waals surface area contributed by atoms with E-state index < -0.39 is 16.0 Å². The maximum Gasteiger partial charge on any atom is 0.338 e. The van der Waals surface area contributed by atoms with Crippen LogP contribution in [0.4, 0.5) is 11.4 Å². The van der Waals surface area contributed by atoms with E-state index in [9.17, 15) is 18.3 Å². The van der Waals surface area contributed by atoms with Crippen molar-refractivity contribution >= 4 is 27.4 Å². The fourth-order valence-corrected chi connectivity index (χ4v) is 6.09. The molecule has 0 atom stereocenters. The molecule has 198 valence electrons. The number of hydrogen-bond donors (Lipinski definition) is 3. The number of hydrogen-bond acceptors (Lipinski definition) is 5. The van der Waals surface area contributed by atoms with Gasteiger partial charge >= 0.3 is 5.97 Å². The molecule has 0 bridgehead atoms. The highest BCUT2D eigenvalue weighted by molar-refractivity contribution is 7.92. The second-order valence-corrected chi connectivity index (χ2v) is 11.2. The monoisotopic (exact) mass is 515 g/mol. The van der Waals surface area contributed by atoms with Crippen LogP contribution in [0.3, 0.4) is 0 Å². The van der Waals surface area contributed by atoms with Crippen LogP contribution < -0.4 is 10.0 Å². The summed E-state index contributed by atoms with van der Waals surface area (Å²) in [5, 5.41) is 13.2. The summed E-state index contributed by atoms with van der Waals surface area (Å²) in [4.78, 5) is 14.7. The first-order chi connectivity index (χ1) is 17.4. The second-order valence-electron chi connectivity index (χ2n) is 9.57. The number of sulfonamides is 1. The summed E-state index contributed by atoms with van der Waals surface area (Å²) in [6, 6.07) is 10.2. The lowest BCUT2D eigenvalue weighted by Gasteiger charge is -2.22. The number of unbranched alkanes of at least 4 members (excludes halogenated alkanes) is 2. The van der Waals surface area contributed by atoms with Crippen molar-refractivity contribution in [2.75, 3.05) is 36.2 Å². The first-order valence-electron chi connectivity index (χ1n) is 13.3. The molecule has 0 unspecified atom stereocenters. The third-order valence-electron chi connectivity index (χ3n) is 6.79. The standard InChI is InChI=1S/C28H41N3O4S/c1-3-5-19-31(20-6-4-2)21-11-18-29-24-14-9-10-15-26(24)36(34,35)30-25-17-16-22-12-7-8-13-23(22)27(25)28(32)33/h9-10,14-17,29-30H,3-8,11-13,18-21H2,1-2H3,(H,32,33). The summed E-state index contributed by atoms with van der Waals surface area (Å²) in [5.41, 5.74) is 2.46. The van der Waals surface area contributed by atoms with Crippen LogP contribution in [-0.4, -0.2) is 50.6 Å². The van der Waals surface area contributed by atoms with Crippen molar-refractivity contribution < 1.29 is 18.3 Å². The van der Waals surface area contributed by atoms with E-state index in [2.05, 4.69) is 28.8 Å². The number of aryl methyl sites for hydroxylation is 1. The summed E-state index contributed by atoms with van der Waals surface area (Å²) in [6.07, 6.45) is 9.02. The van der Waals surface area contributed by atoms with Gasteiger partial charge in [-0.05, 0) is 93.9 Å². The number of nitrogens with one attached hydrogen (secondary N) is 2. The van der Waals surface area contributed by atoms with Crippen LogP contribution in [0, 0.1) is 0 Å². The average Bonchev–Trinajstić information content (AvgIpc) is 2.87. The summed E-state index contributed by atoms with van der Waals surface area (Å²) in [5.74, 6) is -1.10. The van der Waals surface area contributed by atoms with Crippen LogP contribution in [0.15, 0.2) is 41.3 Å². The van der Waals surface area contributed by atoms with Gasteiger partial charge in [-0.1, -0.05) is 44.9 Å². The van der Waals surface area contributed by atoms with Gasteiger partial charge in [0.25, 0.3) is 10.0 Å². The first-order valence-corrected chi connectivity index (χ1v) is 14.8. The Morgan fingerprint density at radius 3 is 2.28 bits per heavy atom. The van der Waals surface area contributed by atoms with Crippen molar-refractivity contribution in [1.82, 2.24) is 4.90 Å². The fraction of sp³-hybridized carbons (Fsp3) is 0.536. The van der Waals surface area contributed by atoms with Crippen LogP contribution >= 0.6 is 0 Å². The molecule has 2 aromatic rings. The fourth-order valence-electron chi connectivity index (χ4n) is 4.83. The Balaban J connectivity index is 1.72. The third kappa shape index (κ3) is 7.46. The van der Waals surface area contributed by atoms with E-state index in [-0.39, 0.29) is 16.1 Å². The molecule has 0 heterocycles. The molecule has 0 spiro atoms. The number of rotatable bonds is 15. The van der Waals surface area contributed by atoms with Crippen molar-refractivity contribution in [2.24, 2.45) is 0 Å². The largest absolute Gasteiger partial charge is 0.478 e. The molecule has 0 saturated heterocycles. The Hall–Kier alpha value is -2.58. The van der Waals surface area contributed by atoms with Gasteiger partial charge in [-0.2, -0.15) is 0 Å². The van der Waals surface area contributed by atoms with Crippen molar-refractivity contribution in [3.63, 3.8) is 0 Å². The normalized spacial score (nSPS) is 13.4. The van der Waals surface area contributed by atoms with Crippen LogP contribution in [0.5, 0.6) is 0 Å². The summed E-state index contributed by atoms with van der Waals surface area (Å²) < 4.78 is 29.4. The lowest BCUT2D eigenvalue weighted by molar-refractivity contribution is 0.0696. The molecule has 0 aromatic heterocycles. The van der Waals surface area contributed by atoms with Gasteiger partial charge in [-0.15, -0.1) is 0 Å². The van der Waals surface area contributed by atoms with E-state index in [0.717, 1.165) is 56.4 Å². The van der Waals surface area contributed by atoms with Crippen LogP contribution in [0.25, 0.3) is 0 Å². The van der Waals surface area contributed by atoms with Gasteiger partial charge in [0.2, 0.25) is 0 Å². The van der Waals surface area contributed by atoms with Crippen LogP contribution in [-0.2, 0) is 22.9 Å². The predicted octanol–water partition coefficient (Wildman–Crippen LogP) is 5.77. The Kier molecular flexibility index (Phi) is 10.6. The van der Waals surface area contributed by atoms with E-state index in [1.54, 1.807) is 30.3 Å². The number of benzene rings is 2. The first kappa shape index (κ1) is 28.0. The van der Waals surface area contributed by atoms with E-state index in [1.165, 1.54) is 25.7 Å². The van der Waals surface area contributed by atoms with Gasteiger partial charge in [0.1, 0.15) is 4.90 Å². The topological polar surface area (TPSA) is 98.7 Å². The average molecular weight is 516 g/mol. The Morgan fingerprint density at radius 2 is 1.58 bits per heavy atom. The molecule has 0 aliphatic heterocycles. The zero-order chi connectivity index (χ0) is 26.0. The Morgan fingerprint density at radius 1 is 0.917 bits per heavy atom. The van der Waals surface area contributed by atoms with Gasteiger partial charge in [-0.25, -0.2) is 13.2 Å². The minimum atomic E-state index is -3.99. The molecule has 0 saturated carbocycles. The number of para-hydroxylation sites is 1. The lowest BCUT2D eigenvalue weighted by atomic mass is 9.87. The molecule has 0 fully saturated rings. The smallest absolute Gasteiger partial charge is 0.338 e. The molecule has 0 amide bonds.